The summed E-state index contributed by atoms with van der Waals surface area (Å²) in [6.07, 6.45) is 4.42. The SMILES string of the molecule is COc1cccc(CN(C)C(=O)C2(C#N)CCCCC2)c1. The highest BCUT2D eigenvalue weighted by Crippen LogP contribution is 2.37. The first kappa shape index (κ1) is 15.4. The lowest BCUT2D eigenvalue weighted by atomic mass is 9.74. The number of ether oxygens (including phenoxy) is 1. The van der Waals surface area contributed by atoms with E-state index < -0.39 is 5.41 Å². The second kappa shape index (κ2) is 6.62. The molecule has 0 atom stereocenters. The van der Waals surface area contributed by atoms with Crippen LogP contribution < -0.4 is 4.74 Å². The normalized spacial score (nSPS) is 16.8. The molecule has 0 radical (unpaired) electrons. The topological polar surface area (TPSA) is 53.3 Å². The summed E-state index contributed by atoms with van der Waals surface area (Å²) in [5, 5.41) is 9.49. The molecule has 0 saturated heterocycles. The van der Waals surface area contributed by atoms with Gasteiger partial charge in [0.05, 0.1) is 13.2 Å². The van der Waals surface area contributed by atoms with E-state index in [1.165, 1.54) is 0 Å². The van der Waals surface area contributed by atoms with Gasteiger partial charge < -0.3 is 9.64 Å². The molecule has 0 unspecified atom stereocenters. The van der Waals surface area contributed by atoms with Crippen LogP contribution in [-0.4, -0.2) is 25.0 Å². The molecule has 1 aromatic carbocycles. The minimum Gasteiger partial charge on any atom is -0.497 e. The Labute approximate surface area is 126 Å². The van der Waals surface area contributed by atoms with Crippen molar-refractivity contribution >= 4 is 5.91 Å². The van der Waals surface area contributed by atoms with Gasteiger partial charge in [-0.15, -0.1) is 0 Å². The largest absolute Gasteiger partial charge is 0.497 e. The lowest BCUT2D eigenvalue weighted by molar-refractivity contribution is -0.139. The monoisotopic (exact) mass is 286 g/mol. The Bertz CT molecular complexity index is 542. The number of amides is 1. The van der Waals surface area contributed by atoms with Crippen LogP contribution in [0.3, 0.4) is 0 Å². The first-order chi connectivity index (χ1) is 10.1. The van der Waals surface area contributed by atoms with E-state index in [0.717, 1.165) is 30.6 Å². The van der Waals surface area contributed by atoms with E-state index in [4.69, 9.17) is 4.74 Å². The van der Waals surface area contributed by atoms with Crippen LogP contribution in [-0.2, 0) is 11.3 Å². The third kappa shape index (κ3) is 3.36. The van der Waals surface area contributed by atoms with E-state index in [1.54, 1.807) is 19.1 Å². The number of hydrogen-bond acceptors (Lipinski definition) is 3. The Morgan fingerprint density at radius 1 is 1.38 bits per heavy atom. The van der Waals surface area contributed by atoms with Crippen LogP contribution in [0, 0.1) is 16.7 Å². The molecule has 0 heterocycles. The van der Waals surface area contributed by atoms with E-state index in [0.29, 0.717) is 19.4 Å². The highest BCUT2D eigenvalue weighted by atomic mass is 16.5. The number of carbonyl (C=O) groups is 1. The van der Waals surface area contributed by atoms with Crippen LogP contribution in [0.5, 0.6) is 5.75 Å². The molecule has 1 amide bonds. The second-order valence-corrected chi connectivity index (χ2v) is 5.77. The van der Waals surface area contributed by atoms with Gasteiger partial charge in [-0.1, -0.05) is 31.4 Å². The predicted molar refractivity (Wildman–Crippen MR) is 80.6 cm³/mol. The van der Waals surface area contributed by atoms with E-state index in [2.05, 4.69) is 6.07 Å². The van der Waals surface area contributed by atoms with Gasteiger partial charge >= 0.3 is 0 Å². The van der Waals surface area contributed by atoms with Gasteiger partial charge in [-0.2, -0.15) is 5.26 Å². The van der Waals surface area contributed by atoms with Crippen molar-refractivity contribution in [1.29, 1.82) is 5.26 Å². The van der Waals surface area contributed by atoms with Gasteiger partial charge in [0.1, 0.15) is 11.2 Å². The lowest BCUT2D eigenvalue weighted by Gasteiger charge is -2.33. The highest BCUT2D eigenvalue weighted by Gasteiger charge is 2.41. The molecule has 2 rings (SSSR count). The third-order valence-electron chi connectivity index (χ3n) is 4.23. The molecular formula is C17H22N2O2. The Kier molecular flexibility index (Phi) is 4.85. The molecule has 1 fully saturated rings. The van der Waals surface area contributed by atoms with Crippen molar-refractivity contribution in [1.82, 2.24) is 4.90 Å². The molecule has 0 bridgehead atoms. The number of carbonyl (C=O) groups excluding carboxylic acids is 1. The molecule has 1 saturated carbocycles. The summed E-state index contributed by atoms with van der Waals surface area (Å²) in [5.41, 5.74) is 0.195. The van der Waals surface area contributed by atoms with Crippen molar-refractivity contribution in [3.63, 3.8) is 0 Å². The van der Waals surface area contributed by atoms with Crippen LogP contribution in [0.2, 0.25) is 0 Å². The van der Waals surface area contributed by atoms with E-state index in [1.807, 2.05) is 24.3 Å². The van der Waals surface area contributed by atoms with E-state index in [-0.39, 0.29) is 5.91 Å². The fourth-order valence-electron chi connectivity index (χ4n) is 3.01. The molecule has 0 aliphatic heterocycles. The molecule has 112 valence electrons. The van der Waals surface area contributed by atoms with Crippen molar-refractivity contribution in [3.05, 3.63) is 29.8 Å². The molecule has 4 heteroatoms. The highest BCUT2D eigenvalue weighted by molar-refractivity contribution is 5.85. The third-order valence-corrected chi connectivity index (χ3v) is 4.23. The molecule has 1 aromatic rings. The molecule has 1 aliphatic carbocycles. The second-order valence-electron chi connectivity index (χ2n) is 5.77. The molecule has 1 aliphatic rings. The van der Waals surface area contributed by atoms with Gasteiger partial charge in [-0.3, -0.25) is 4.79 Å². The molecule has 0 spiro atoms. The average molecular weight is 286 g/mol. The van der Waals surface area contributed by atoms with Gasteiger partial charge in [-0.25, -0.2) is 0 Å². The Balaban J connectivity index is 2.09. The maximum atomic E-state index is 12.7. The number of nitrogens with zero attached hydrogens (tertiary/aromatic N) is 2. The summed E-state index contributed by atoms with van der Waals surface area (Å²) in [6.45, 7) is 0.499. The molecular weight excluding hydrogens is 264 g/mol. The van der Waals surface area contributed by atoms with Crippen molar-refractivity contribution < 1.29 is 9.53 Å². The van der Waals surface area contributed by atoms with Crippen molar-refractivity contribution in [2.24, 2.45) is 5.41 Å². The van der Waals surface area contributed by atoms with Crippen LogP contribution >= 0.6 is 0 Å². The summed E-state index contributed by atoms with van der Waals surface area (Å²) in [5.74, 6) is 0.730. The number of hydrogen-bond donors (Lipinski definition) is 0. The minimum atomic E-state index is -0.814. The Morgan fingerprint density at radius 2 is 2.10 bits per heavy atom. The zero-order valence-electron chi connectivity index (χ0n) is 12.8. The summed E-state index contributed by atoms with van der Waals surface area (Å²) >= 11 is 0. The van der Waals surface area contributed by atoms with E-state index in [9.17, 15) is 10.1 Å². The summed E-state index contributed by atoms with van der Waals surface area (Å²) in [6, 6.07) is 9.96. The van der Waals surface area contributed by atoms with Crippen molar-refractivity contribution in [2.45, 2.75) is 38.6 Å². The number of benzene rings is 1. The molecule has 0 aromatic heterocycles. The fraction of sp³-hybridized carbons (Fsp3) is 0.529. The maximum absolute atomic E-state index is 12.7. The van der Waals surface area contributed by atoms with Gasteiger partial charge in [-0.05, 0) is 30.5 Å². The number of nitriles is 1. The Hall–Kier alpha value is -2.02. The minimum absolute atomic E-state index is 0.0486. The summed E-state index contributed by atoms with van der Waals surface area (Å²) in [4.78, 5) is 14.4. The van der Waals surface area contributed by atoms with Crippen molar-refractivity contribution in [3.8, 4) is 11.8 Å². The maximum Gasteiger partial charge on any atom is 0.243 e. The van der Waals surface area contributed by atoms with Gasteiger partial charge in [0.2, 0.25) is 5.91 Å². The quantitative estimate of drug-likeness (QED) is 0.854. The Morgan fingerprint density at radius 3 is 2.71 bits per heavy atom. The zero-order chi connectivity index (χ0) is 15.3. The molecule has 4 nitrogen and oxygen atoms in total. The van der Waals surface area contributed by atoms with Crippen LogP contribution in [0.25, 0.3) is 0 Å². The average Bonchev–Trinajstić information content (AvgIpc) is 2.54. The smallest absolute Gasteiger partial charge is 0.243 e. The van der Waals surface area contributed by atoms with Crippen molar-refractivity contribution in [2.75, 3.05) is 14.2 Å². The number of rotatable bonds is 4. The summed E-state index contributed by atoms with van der Waals surface area (Å²) < 4.78 is 5.20. The number of methoxy groups -OCH3 is 1. The van der Waals surface area contributed by atoms with Gasteiger partial charge in [0.15, 0.2) is 0 Å². The molecule has 21 heavy (non-hydrogen) atoms. The standard InChI is InChI=1S/C17H22N2O2/c1-19(12-14-7-6-8-15(11-14)21-2)16(20)17(13-18)9-4-3-5-10-17/h6-8,11H,3-5,9-10,12H2,1-2H3. The molecule has 0 N–H and O–H groups in total. The van der Waals surface area contributed by atoms with Crippen LogP contribution in [0.1, 0.15) is 37.7 Å². The predicted octanol–water partition coefficient (Wildman–Crippen LogP) is 3.13. The van der Waals surface area contributed by atoms with Gasteiger partial charge in [0.25, 0.3) is 0 Å². The first-order valence-electron chi connectivity index (χ1n) is 7.41. The van der Waals surface area contributed by atoms with Crippen LogP contribution in [0.15, 0.2) is 24.3 Å². The van der Waals surface area contributed by atoms with Crippen LogP contribution in [0.4, 0.5) is 0 Å². The summed E-state index contributed by atoms with van der Waals surface area (Å²) in [7, 11) is 3.40. The lowest BCUT2D eigenvalue weighted by Crippen LogP contribution is -2.42. The van der Waals surface area contributed by atoms with E-state index >= 15 is 0 Å². The zero-order valence-corrected chi connectivity index (χ0v) is 12.8. The fourth-order valence-corrected chi connectivity index (χ4v) is 3.01. The van der Waals surface area contributed by atoms with Gasteiger partial charge in [0, 0.05) is 13.6 Å². The first-order valence-corrected chi connectivity index (χ1v) is 7.41.